The summed E-state index contributed by atoms with van der Waals surface area (Å²) >= 11 is 0. The monoisotopic (exact) mass is 436 g/mol. The van der Waals surface area contributed by atoms with Crippen LogP contribution >= 0.6 is 0 Å². The average molecular weight is 437 g/mol. The molecule has 0 radical (unpaired) electrons. The Morgan fingerprint density at radius 3 is 2.59 bits per heavy atom. The summed E-state index contributed by atoms with van der Waals surface area (Å²) in [6.45, 7) is 3.64. The summed E-state index contributed by atoms with van der Waals surface area (Å²) in [6.07, 6.45) is 4.08. The summed E-state index contributed by atoms with van der Waals surface area (Å²) in [4.78, 5) is 30.1. The van der Waals surface area contributed by atoms with Crippen LogP contribution in [0.15, 0.2) is 42.5 Å². The van der Waals surface area contributed by atoms with E-state index in [1.54, 1.807) is 6.07 Å². The second kappa shape index (κ2) is 8.90. The molecule has 7 heteroatoms. The summed E-state index contributed by atoms with van der Waals surface area (Å²) in [7, 11) is 0. The number of amides is 2. The molecule has 3 fully saturated rings. The van der Waals surface area contributed by atoms with E-state index in [1.165, 1.54) is 12.1 Å². The fraction of sp³-hybridized carbons (Fsp3) is 0.440. The topological polar surface area (TPSA) is 64.7 Å². The standard InChI is InChI=1S/C25H29FN4O2/c26-19-5-3-4-18(14-19)23-16-27-10-13-30(23)25(32)21-9-8-20(28-24(31)17-6-7-17)15-22(21)29-11-1-2-12-29/h3-5,8-9,14-15,17,23,27H,1-2,6-7,10-13,16H2,(H,28,31). The van der Waals surface area contributed by atoms with Crippen molar-refractivity contribution in [1.82, 2.24) is 10.2 Å². The highest BCUT2D eigenvalue weighted by atomic mass is 19.1. The molecule has 2 aliphatic heterocycles. The van der Waals surface area contributed by atoms with Crippen molar-refractivity contribution in [2.45, 2.75) is 31.7 Å². The lowest BCUT2D eigenvalue weighted by Gasteiger charge is -2.37. The predicted octanol–water partition coefficient (Wildman–Crippen LogP) is 3.56. The van der Waals surface area contributed by atoms with E-state index in [9.17, 15) is 14.0 Å². The summed E-state index contributed by atoms with van der Waals surface area (Å²) < 4.78 is 13.9. The predicted molar refractivity (Wildman–Crippen MR) is 122 cm³/mol. The van der Waals surface area contributed by atoms with Gasteiger partial charge in [0.1, 0.15) is 5.82 Å². The van der Waals surface area contributed by atoms with Crippen molar-refractivity contribution in [3.05, 3.63) is 59.4 Å². The fourth-order valence-corrected chi connectivity index (χ4v) is 4.71. The zero-order valence-corrected chi connectivity index (χ0v) is 18.1. The molecule has 2 heterocycles. The molecule has 1 atom stereocenters. The van der Waals surface area contributed by atoms with Crippen LogP contribution in [0.5, 0.6) is 0 Å². The molecule has 1 aliphatic carbocycles. The van der Waals surface area contributed by atoms with E-state index in [0.29, 0.717) is 25.2 Å². The van der Waals surface area contributed by atoms with Gasteiger partial charge in [-0.25, -0.2) is 4.39 Å². The van der Waals surface area contributed by atoms with E-state index in [2.05, 4.69) is 15.5 Å². The van der Waals surface area contributed by atoms with E-state index in [0.717, 1.165) is 55.7 Å². The average Bonchev–Trinajstić information content (AvgIpc) is 3.53. The number of nitrogens with one attached hydrogen (secondary N) is 2. The van der Waals surface area contributed by atoms with Crippen molar-refractivity contribution in [2.75, 3.05) is 42.9 Å². The van der Waals surface area contributed by atoms with Crippen LogP contribution in [0.1, 0.15) is 47.6 Å². The Morgan fingerprint density at radius 1 is 1.03 bits per heavy atom. The van der Waals surface area contributed by atoms with Gasteiger partial charge < -0.3 is 20.4 Å². The third kappa shape index (κ3) is 4.35. The van der Waals surface area contributed by atoms with Gasteiger partial charge in [0.2, 0.25) is 5.91 Å². The minimum atomic E-state index is -0.297. The molecule has 3 aliphatic rings. The van der Waals surface area contributed by atoms with Crippen LogP contribution in [-0.4, -0.2) is 49.4 Å². The molecule has 0 spiro atoms. The number of benzene rings is 2. The van der Waals surface area contributed by atoms with E-state index >= 15 is 0 Å². The van der Waals surface area contributed by atoms with Crippen molar-refractivity contribution < 1.29 is 14.0 Å². The molecule has 1 saturated carbocycles. The lowest BCUT2D eigenvalue weighted by molar-refractivity contribution is -0.117. The Hall–Kier alpha value is -2.93. The Balaban J connectivity index is 1.46. The summed E-state index contributed by atoms with van der Waals surface area (Å²) in [5, 5.41) is 6.34. The van der Waals surface area contributed by atoms with Gasteiger partial charge in [-0.2, -0.15) is 0 Å². The normalized spacial score (nSPS) is 21.0. The highest BCUT2D eigenvalue weighted by Crippen LogP contribution is 2.34. The maximum Gasteiger partial charge on any atom is 0.256 e. The number of halogens is 1. The molecule has 2 aromatic rings. The Kier molecular flexibility index (Phi) is 5.83. The smallest absolute Gasteiger partial charge is 0.256 e. The lowest BCUT2D eigenvalue weighted by Crippen LogP contribution is -2.49. The second-order valence-electron chi connectivity index (χ2n) is 8.96. The van der Waals surface area contributed by atoms with Gasteiger partial charge in [-0.05, 0) is 61.6 Å². The van der Waals surface area contributed by atoms with Gasteiger partial charge in [-0.1, -0.05) is 12.1 Å². The number of rotatable bonds is 5. The zero-order chi connectivity index (χ0) is 22.1. The molecule has 2 aromatic carbocycles. The highest BCUT2D eigenvalue weighted by Gasteiger charge is 2.32. The first kappa shape index (κ1) is 20.9. The zero-order valence-electron chi connectivity index (χ0n) is 18.1. The van der Waals surface area contributed by atoms with E-state index in [1.807, 2.05) is 29.2 Å². The molecular formula is C25H29FN4O2. The number of nitrogens with zero attached hydrogens (tertiary/aromatic N) is 2. The number of anilines is 2. The number of hydrogen-bond acceptors (Lipinski definition) is 4. The first-order valence-electron chi connectivity index (χ1n) is 11.6. The molecular weight excluding hydrogens is 407 g/mol. The number of piperazine rings is 1. The van der Waals surface area contributed by atoms with Crippen LogP contribution < -0.4 is 15.5 Å². The van der Waals surface area contributed by atoms with Crippen molar-refractivity contribution in [3.8, 4) is 0 Å². The molecule has 32 heavy (non-hydrogen) atoms. The van der Waals surface area contributed by atoms with Gasteiger partial charge in [-0.3, -0.25) is 9.59 Å². The van der Waals surface area contributed by atoms with Gasteiger partial charge in [-0.15, -0.1) is 0 Å². The Labute approximate surface area is 187 Å². The van der Waals surface area contributed by atoms with Crippen LogP contribution in [-0.2, 0) is 4.79 Å². The van der Waals surface area contributed by atoms with Gasteiger partial charge in [0, 0.05) is 44.3 Å². The molecule has 0 aromatic heterocycles. The fourth-order valence-electron chi connectivity index (χ4n) is 4.71. The number of hydrogen-bond donors (Lipinski definition) is 2. The van der Waals surface area contributed by atoms with Gasteiger partial charge >= 0.3 is 0 Å². The molecule has 6 nitrogen and oxygen atoms in total. The number of carbonyl (C=O) groups excluding carboxylic acids is 2. The molecule has 2 N–H and O–H groups in total. The van der Waals surface area contributed by atoms with E-state index in [4.69, 9.17) is 0 Å². The highest BCUT2D eigenvalue weighted by molar-refractivity contribution is 6.02. The molecule has 2 saturated heterocycles. The van der Waals surface area contributed by atoms with Crippen molar-refractivity contribution in [2.24, 2.45) is 5.92 Å². The summed E-state index contributed by atoms with van der Waals surface area (Å²) in [6, 6.07) is 11.9. The first-order chi connectivity index (χ1) is 15.6. The third-order valence-corrected chi connectivity index (χ3v) is 6.63. The molecule has 168 valence electrons. The Morgan fingerprint density at radius 2 is 1.84 bits per heavy atom. The molecule has 5 rings (SSSR count). The van der Waals surface area contributed by atoms with Crippen molar-refractivity contribution in [3.63, 3.8) is 0 Å². The lowest BCUT2D eigenvalue weighted by atomic mass is 10.0. The number of carbonyl (C=O) groups is 2. The minimum absolute atomic E-state index is 0.0530. The van der Waals surface area contributed by atoms with Gasteiger partial charge in [0.15, 0.2) is 0 Å². The molecule has 2 amide bonds. The van der Waals surface area contributed by atoms with Crippen LogP contribution in [0, 0.1) is 11.7 Å². The van der Waals surface area contributed by atoms with Crippen LogP contribution in [0.4, 0.5) is 15.8 Å². The van der Waals surface area contributed by atoms with Crippen molar-refractivity contribution >= 4 is 23.2 Å². The SMILES string of the molecule is O=C(Nc1ccc(C(=O)N2CCNCC2c2cccc(F)c2)c(N2CCCC2)c1)C1CC1. The van der Waals surface area contributed by atoms with Crippen LogP contribution in [0.3, 0.4) is 0 Å². The van der Waals surface area contributed by atoms with Crippen LogP contribution in [0.2, 0.25) is 0 Å². The summed E-state index contributed by atoms with van der Waals surface area (Å²) in [5.74, 6) is -0.166. The maximum atomic E-state index is 13.9. The van der Waals surface area contributed by atoms with E-state index in [-0.39, 0.29) is 29.6 Å². The molecule has 1 unspecified atom stereocenters. The minimum Gasteiger partial charge on any atom is -0.371 e. The Bertz CT molecular complexity index is 1020. The van der Waals surface area contributed by atoms with Gasteiger partial charge in [0.05, 0.1) is 17.3 Å². The van der Waals surface area contributed by atoms with Crippen molar-refractivity contribution in [1.29, 1.82) is 0 Å². The van der Waals surface area contributed by atoms with Crippen LogP contribution in [0.25, 0.3) is 0 Å². The summed E-state index contributed by atoms with van der Waals surface area (Å²) in [5.41, 5.74) is 3.04. The third-order valence-electron chi connectivity index (χ3n) is 6.63. The first-order valence-corrected chi connectivity index (χ1v) is 11.6. The van der Waals surface area contributed by atoms with Gasteiger partial charge in [0.25, 0.3) is 5.91 Å². The quantitative estimate of drug-likeness (QED) is 0.752. The van der Waals surface area contributed by atoms with E-state index < -0.39 is 0 Å². The second-order valence-corrected chi connectivity index (χ2v) is 8.96. The maximum absolute atomic E-state index is 13.9. The largest absolute Gasteiger partial charge is 0.371 e. The molecule has 0 bridgehead atoms.